The number of carbonyl (C=O) groups is 1. The van der Waals surface area contributed by atoms with Gasteiger partial charge in [-0.15, -0.1) is 0 Å². The molecule has 2 atom stereocenters. The first-order valence-corrected chi connectivity index (χ1v) is 10.2. The number of amides is 1. The molecule has 2 heterocycles. The van der Waals surface area contributed by atoms with E-state index < -0.39 is 5.72 Å². The number of aliphatic hydroxyl groups is 1. The van der Waals surface area contributed by atoms with E-state index in [0.29, 0.717) is 22.8 Å². The van der Waals surface area contributed by atoms with Crippen molar-refractivity contribution in [3.63, 3.8) is 0 Å². The molecule has 2 aromatic carbocycles. The molecule has 0 radical (unpaired) electrons. The number of ether oxygens (including phenoxy) is 1. The molecule has 2 bridgehead atoms. The number of piperidine rings is 1. The molecule has 2 aromatic rings. The fourth-order valence-corrected chi connectivity index (χ4v) is 4.28. The minimum absolute atomic E-state index is 0.0385. The zero-order valence-electron chi connectivity index (χ0n) is 17.5. The summed E-state index contributed by atoms with van der Waals surface area (Å²) in [5, 5.41) is 11.5. The number of allylic oxidation sites excluding steroid dienone is 1. The second-order valence-electron chi connectivity index (χ2n) is 8.20. The van der Waals surface area contributed by atoms with Crippen molar-refractivity contribution in [1.82, 2.24) is 4.90 Å². The number of benzene rings is 2. The van der Waals surface area contributed by atoms with Crippen molar-refractivity contribution >= 4 is 29.3 Å². The molecule has 5 nitrogen and oxygen atoms in total. The number of halogens is 1. The number of likely N-dealkylation sites (N-methyl/N-ethyl adjacent to an activating group) is 1. The lowest BCUT2D eigenvalue weighted by molar-refractivity contribution is -0.153. The molecule has 1 N–H and O–H groups in total. The van der Waals surface area contributed by atoms with Gasteiger partial charge in [-0.2, -0.15) is 0 Å². The summed E-state index contributed by atoms with van der Waals surface area (Å²) in [5.41, 5.74) is 2.45. The molecule has 1 saturated heterocycles. The van der Waals surface area contributed by atoms with Crippen LogP contribution in [0.25, 0.3) is 6.08 Å². The van der Waals surface area contributed by atoms with Crippen LogP contribution in [0, 0.1) is 0 Å². The van der Waals surface area contributed by atoms with Crippen LogP contribution in [0.2, 0.25) is 5.02 Å². The van der Waals surface area contributed by atoms with Crippen molar-refractivity contribution in [2.45, 2.75) is 25.0 Å². The fraction of sp³-hybridized carbons (Fsp3) is 0.292. The molecule has 2 aliphatic rings. The van der Waals surface area contributed by atoms with E-state index in [9.17, 15) is 9.90 Å². The van der Waals surface area contributed by atoms with Crippen LogP contribution >= 0.6 is 11.6 Å². The third kappa shape index (κ3) is 3.43. The molecule has 6 heteroatoms. The van der Waals surface area contributed by atoms with E-state index in [2.05, 4.69) is 0 Å². The van der Waals surface area contributed by atoms with Gasteiger partial charge in [-0.3, -0.25) is 4.79 Å². The minimum atomic E-state index is -0.766. The normalized spacial score (nSPS) is 24.5. The molecule has 2 aliphatic heterocycles. The van der Waals surface area contributed by atoms with Crippen LogP contribution in [0.3, 0.4) is 0 Å². The number of hydrogen-bond acceptors (Lipinski definition) is 4. The van der Waals surface area contributed by atoms with Gasteiger partial charge in [0.25, 0.3) is 5.91 Å². The van der Waals surface area contributed by atoms with E-state index in [1.165, 1.54) is 0 Å². The average Bonchev–Trinajstić information content (AvgIpc) is 2.71. The van der Waals surface area contributed by atoms with E-state index in [0.717, 1.165) is 16.8 Å². The summed E-state index contributed by atoms with van der Waals surface area (Å²) in [7, 11) is 5.67. The third-order valence-electron chi connectivity index (χ3n) is 5.97. The van der Waals surface area contributed by atoms with Gasteiger partial charge in [0.15, 0.2) is 5.72 Å². The molecule has 0 spiro atoms. The highest BCUT2D eigenvalue weighted by atomic mass is 35.5. The Morgan fingerprint density at radius 3 is 2.63 bits per heavy atom. The highest BCUT2D eigenvalue weighted by Gasteiger charge is 2.51. The number of hydrogen-bond donors (Lipinski definition) is 1. The van der Waals surface area contributed by atoms with Crippen LogP contribution in [0.5, 0.6) is 5.75 Å². The molecule has 0 aliphatic carbocycles. The van der Waals surface area contributed by atoms with Crippen LogP contribution in [-0.2, 0) is 4.79 Å². The zero-order valence-corrected chi connectivity index (χ0v) is 18.3. The van der Waals surface area contributed by atoms with Gasteiger partial charge in [0.1, 0.15) is 11.5 Å². The van der Waals surface area contributed by atoms with Gasteiger partial charge in [-0.1, -0.05) is 29.8 Å². The summed E-state index contributed by atoms with van der Waals surface area (Å²) < 4.78 is 6.14. The molecule has 4 rings (SSSR count). The van der Waals surface area contributed by atoms with Crippen LogP contribution in [0.15, 0.2) is 59.9 Å². The molecule has 30 heavy (non-hydrogen) atoms. The summed E-state index contributed by atoms with van der Waals surface area (Å²) in [6.45, 7) is 1.89. The number of carbonyl (C=O) groups excluding carboxylic acids is 1. The lowest BCUT2D eigenvalue weighted by atomic mass is 9.77. The predicted molar refractivity (Wildman–Crippen MR) is 120 cm³/mol. The predicted octanol–water partition coefficient (Wildman–Crippen LogP) is 4.99. The van der Waals surface area contributed by atoms with Gasteiger partial charge in [-0.05, 0) is 48.9 Å². The number of nitrogens with zero attached hydrogens (tertiary/aromatic N) is 2. The van der Waals surface area contributed by atoms with Crippen LogP contribution in [0.4, 0.5) is 5.69 Å². The summed E-state index contributed by atoms with van der Waals surface area (Å²) >= 11 is 6.21. The Bertz CT molecular complexity index is 1060. The van der Waals surface area contributed by atoms with Crippen LogP contribution in [-0.4, -0.2) is 42.8 Å². The maximum atomic E-state index is 13.2. The molecule has 1 fully saturated rings. The van der Waals surface area contributed by atoms with Gasteiger partial charge in [0.2, 0.25) is 0 Å². The molecule has 0 unspecified atom stereocenters. The standard InChI is InChI=1S/C24H25ClN2O3/c1-24-14-19(18-13-16(25)8-12-21(18)30-24)22(23(29)27(24)4)20(28)11-7-15-5-9-17(10-6-15)26(2)3/h5-13,19,28H,14H2,1-4H3/b11-7+,22-20-/t19-,24+/m0/s1. The maximum Gasteiger partial charge on any atom is 0.256 e. The molecular weight excluding hydrogens is 400 g/mol. The zero-order chi connectivity index (χ0) is 21.6. The first-order valence-electron chi connectivity index (χ1n) is 9.85. The summed E-state index contributed by atoms with van der Waals surface area (Å²) in [6.07, 6.45) is 3.95. The van der Waals surface area contributed by atoms with E-state index in [4.69, 9.17) is 16.3 Å². The van der Waals surface area contributed by atoms with Crippen molar-refractivity contribution < 1.29 is 14.6 Å². The molecule has 1 amide bonds. The lowest BCUT2D eigenvalue weighted by Crippen LogP contribution is -2.59. The maximum absolute atomic E-state index is 13.2. The SMILES string of the molecule is CN(C)c1ccc(/C=C/C(O)=C2/C(=O)N(C)[C@@]3(C)C[C@H]2c2cc(Cl)ccc2O3)cc1. The summed E-state index contributed by atoms with van der Waals surface area (Å²) in [4.78, 5) is 16.8. The van der Waals surface area contributed by atoms with Crippen molar-refractivity contribution in [1.29, 1.82) is 0 Å². The number of anilines is 1. The number of likely N-dealkylation sites (tertiary alicyclic amines) is 1. The quantitative estimate of drug-likeness (QED) is 0.557. The van der Waals surface area contributed by atoms with E-state index in [1.807, 2.05) is 62.3 Å². The molecule has 0 saturated carbocycles. The van der Waals surface area contributed by atoms with Gasteiger partial charge in [0.05, 0.1) is 5.57 Å². The second kappa shape index (κ2) is 7.40. The largest absolute Gasteiger partial charge is 0.507 e. The summed E-state index contributed by atoms with van der Waals surface area (Å²) in [5.74, 6) is 0.112. The highest BCUT2D eigenvalue weighted by molar-refractivity contribution is 6.30. The number of rotatable bonds is 3. The average molecular weight is 425 g/mol. The van der Waals surface area contributed by atoms with E-state index >= 15 is 0 Å². The molecule has 0 aromatic heterocycles. The Kier molecular flexibility index (Phi) is 5.02. The first kappa shape index (κ1) is 20.4. The van der Waals surface area contributed by atoms with Crippen molar-refractivity contribution in [3.8, 4) is 5.75 Å². The topological polar surface area (TPSA) is 53.0 Å². The Labute approximate surface area is 181 Å². The first-order chi connectivity index (χ1) is 14.2. The molecule has 156 valence electrons. The highest BCUT2D eigenvalue weighted by Crippen LogP contribution is 2.50. The van der Waals surface area contributed by atoms with Crippen LogP contribution in [0.1, 0.15) is 30.4 Å². The van der Waals surface area contributed by atoms with Crippen molar-refractivity contribution in [3.05, 3.63) is 76.0 Å². The Morgan fingerprint density at radius 1 is 1.27 bits per heavy atom. The fourth-order valence-electron chi connectivity index (χ4n) is 4.10. The van der Waals surface area contributed by atoms with Gasteiger partial charge in [0, 0.05) is 49.8 Å². The Hall–Kier alpha value is -2.92. The van der Waals surface area contributed by atoms with Gasteiger partial charge >= 0.3 is 0 Å². The summed E-state index contributed by atoms with van der Waals surface area (Å²) in [6, 6.07) is 13.4. The Morgan fingerprint density at radius 2 is 1.97 bits per heavy atom. The van der Waals surface area contributed by atoms with Crippen LogP contribution < -0.4 is 9.64 Å². The monoisotopic (exact) mass is 424 g/mol. The number of fused-ring (bicyclic) bond motifs is 4. The Balaban J connectivity index is 1.74. The molecular formula is C24H25ClN2O3. The number of aliphatic hydroxyl groups excluding tert-OH is 1. The van der Waals surface area contributed by atoms with Gasteiger partial charge in [-0.25, -0.2) is 0 Å². The minimum Gasteiger partial charge on any atom is -0.507 e. The van der Waals surface area contributed by atoms with Crippen molar-refractivity contribution in [2.24, 2.45) is 0 Å². The van der Waals surface area contributed by atoms with Crippen molar-refractivity contribution in [2.75, 3.05) is 26.0 Å². The van der Waals surface area contributed by atoms with E-state index in [-0.39, 0.29) is 17.6 Å². The van der Waals surface area contributed by atoms with E-state index in [1.54, 1.807) is 30.2 Å². The third-order valence-corrected chi connectivity index (χ3v) is 6.21. The van der Waals surface area contributed by atoms with Gasteiger partial charge < -0.3 is 19.6 Å². The lowest BCUT2D eigenvalue weighted by Gasteiger charge is -2.50. The smallest absolute Gasteiger partial charge is 0.256 e. The second-order valence-corrected chi connectivity index (χ2v) is 8.63.